The Balaban J connectivity index is 2.75. The van der Waals surface area contributed by atoms with Gasteiger partial charge in [-0.15, -0.1) is 0 Å². The molecule has 7 heteroatoms. The molecule has 0 bridgehead atoms. The molecule has 98 valence electrons. The maximum Gasteiger partial charge on any atom is 0.437 e. The minimum atomic E-state index is -4.31. The molecule has 0 aromatic heterocycles. The Bertz CT molecular complexity index is 445. The van der Waals surface area contributed by atoms with Crippen molar-refractivity contribution in [2.75, 3.05) is 6.61 Å². The predicted molar refractivity (Wildman–Crippen MR) is 66.4 cm³/mol. The van der Waals surface area contributed by atoms with E-state index < -0.39 is 17.9 Å². The lowest BCUT2D eigenvalue weighted by molar-refractivity contribution is -0.184. The second-order valence-corrected chi connectivity index (χ2v) is 4.38. The van der Waals surface area contributed by atoms with E-state index in [9.17, 15) is 18.4 Å². The van der Waals surface area contributed by atoms with Gasteiger partial charge < -0.3 is 9.47 Å². The van der Waals surface area contributed by atoms with Crippen LogP contribution in [0.2, 0.25) is 0 Å². The van der Waals surface area contributed by atoms with Gasteiger partial charge in [0.05, 0.1) is 6.61 Å². The summed E-state index contributed by atoms with van der Waals surface area (Å²) in [4.78, 5) is 22.0. The van der Waals surface area contributed by atoms with E-state index in [-0.39, 0.29) is 12.4 Å². The zero-order valence-electron chi connectivity index (χ0n) is 9.28. The van der Waals surface area contributed by atoms with E-state index >= 15 is 0 Å². The predicted octanol–water partition coefficient (Wildman–Crippen LogP) is 2.40. The molecule has 0 spiro atoms. The van der Waals surface area contributed by atoms with Crippen LogP contribution >= 0.6 is 22.6 Å². The van der Waals surface area contributed by atoms with Gasteiger partial charge >= 0.3 is 17.9 Å². The Labute approximate surface area is 115 Å². The Kier molecular flexibility index (Phi) is 5.00. The molecule has 0 saturated heterocycles. The molecule has 0 radical (unpaired) electrons. The fourth-order valence-electron chi connectivity index (χ4n) is 0.979. The number of hydrogen-bond acceptors (Lipinski definition) is 4. The van der Waals surface area contributed by atoms with Crippen LogP contribution in [0.5, 0.6) is 5.75 Å². The highest BCUT2D eigenvalue weighted by Gasteiger charge is 2.51. The van der Waals surface area contributed by atoms with Crippen LogP contribution in [0.4, 0.5) is 8.78 Å². The fourth-order valence-corrected chi connectivity index (χ4v) is 1.34. The van der Waals surface area contributed by atoms with Gasteiger partial charge in [-0.25, -0.2) is 9.59 Å². The van der Waals surface area contributed by atoms with Gasteiger partial charge in [-0.1, -0.05) is 0 Å². The summed E-state index contributed by atoms with van der Waals surface area (Å²) < 4.78 is 35.8. The lowest BCUT2D eigenvalue weighted by Gasteiger charge is -2.13. The summed E-state index contributed by atoms with van der Waals surface area (Å²) in [6, 6.07) is 5.85. The first kappa shape index (κ1) is 14.8. The van der Waals surface area contributed by atoms with Crippen molar-refractivity contribution in [3.05, 3.63) is 27.8 Å². The molecule has 1 aromatic carbocycles. The summed E-state index contributed by atoms with van der Waals surface area (Å²) >= 11 is 2.01. The van der Waals surface area contributed by atoms with Gasteiger partial charge in [0.2, 0.25) is 0 Å². The molecule has 0 heterocycles. The van der Waals surface area contributed by atoms with Crippen LogP contribution in [0.3, 0.4) is 0 Å². The van der Waals surface area contributed by atoms with E-state index in [4.69, 9.17) is 0 Å². The van der Waals surface area contributed by atoms with Crippen LogP contribution in [-0.2, 0) is 14.3 Å². The van der Waals surface area contributed by atoms with Crippen molar-refractivity contribution in [1.29, 1.82) is 0 Å². The molecule has 0 amide bonds. The average Bonchev–Trinajstić information content (AvgIpc) is 2.32. The normalized spacial score (nSPS) is 10.9. The number of rotatable bonds is 4. The number of carbonyl (C=O) groups is 2. The third kappa shape index (κ3) is 3.62. The van der Waals surface area contributed by atoms with Crippen LogP contribution in [0.25, 0.3) is 0 Å². The number of ether oxygens (including phenoxy) is 2. The number of alkyl halides is 2. The number of benzene rings is 1. The molecule has 0 N–H and O–H groups in total. The first-order valence-electron chi connectivity index (χ1n) is 4.90. The maximum absolute atomic E-state index is 13.2. The summed E-state index contributed by atoms with van der Waals surface area (Å²) in [5.41, 5.74) is 0. The molecular weight excluding hydrogens is 361 g/mol. The third-order valence-electron chi connectivity index (χ3n) is 1.81. The first-order chi connectivity index (χ1) is 8.37. The van der Waals surface area contributed by atoms with Crippen LogP contribution in [0.15, 0.2) is 24.3 Å². The molecule has 0 saturated carbocycles. The van der Waals surface area contributed by atoms with Gasteiger partial charge in [0.25, 0.3) is 0 Å². The Morgan fingerprint density at radius 1 is 1.22 bits per heavy atom. The molecular formula is C11H9F2IO4. The van der Waals surface area contributed by atoms with E-state index in [0.717, 1.165) is 3.57 Å². The van der Waals surface area contributed by atoms with Crippen molar-refractivity contribution in [3.63, 3.8) is 0 Å². The van der Waals surface area contributed by atoms with Crippen molar-refractivity contribution < 1.29 is 27.8 Å². The van der Waals surface area contributed by atoms with Crippen LogP contribution < -0.4 is 4.74 Å². The minimum absolute atomic E-state index is 0.0654. The molecule has 1 aromatic rings. The highest BCUT2D eigenvalue weighted by atomic mass is 127. The average molecular weight is 370 g/mol. The fraction of sp³-hybridized carbons (Fsp3) is 0.273. The molecule has 0 aliphatic rings. The topological polar surface area (TPSA) is 52.6 Å². The van der Waals surface area contributed by atoms with Crippen molar-refractivity contribution >= 4 is 34.5 Å². The van der Waals surface area contributed by atoms with Gasteiger partial charge in [0.1, 0.15) is 5.75 Å². The second-order valence-electron chi connectivity index (χ2n) is 3.14. The largest absolute Gasteiger partial charge is 0.461 e. The van der Waals surface area contributed by atoms with Gasteiger partial charge in [-0.05, 0) is 53.8 Å². The van der Waals surface area contributed by atoms with Crippen LogP contribution in [0, 0.1) is 3.57 Å². The highest BCUT2D eigenvalue weighted by Crippen LogP contribution is 2.21. The van der Waals surface area contributed by atoms with Crippen molar-refractivity contribution in [3.8, 4) is 5.75 Å². The first-order valence-corrected chi connectivity index (χ1v) is 5.98. The SMILES string of the molecule is CCOC(=O)C(F)(F)C(=O)Oc1ccc(I)cc1. The van der Waals surface area contributed by atoms with E-state index in [2.05, 4.69) is 9.47 Å². The van der Waals surface area contributed by atoms with Gasteiger partial charge in [-0.3, -0.25) is 0 Å². The lowest BCUT2D eigenvalue weighted by atomic mass is 10.3. The summed E-state index contributed by atoms with van der Waals surface area (Å²) in [7, 11) is 0. The van der Waals surface area contributed by atoms with Crippen molar-refractivity contribution in [2.24, 2.45) is 0 Å². The quantitative estimate of drug-likeness (QED) is 0.354. The van der Waals surface area contributed by atoms with Gasteiger partial charge in [0.15, 0.2) is 0 Å². The molecule has 0 fully saturated rings. The minimum Gasteiger partial charge on any atom is -0.461 e. The molecule has 0 unspecified atom stereocenters. The molecule has 18 heavy (non-hydrogen) atoms. The number of halogens is 3. The van der Waals surface area contributed by atoms with Gasteiger partial charge in [0, 0.05) is 3.57 Å². The molecule has 0 aliphatic heterocycles. The molecule has 4 nitrogen and oxygen atoms in total. The van der Waals surface area contributed by atoms with E-state index in [1.807, 2.05) is 22.6 Å². The number of carbonyl (C=O) groups excluding carboxylic acids is 2. The number of hydrogen-bond donors (Lipinski definition) is 0. The maximum atomic E-state index is 13.2. The molecule has 1 rings (SSSR count). The summed E-state index contributed by atoms with van der Waals surface area (Å²) in [5.74, 6) is -8.24. The smallest absolute Gasteiger partial charge is 0.437 e. The lowest BCUT2D eigenvalue weighted by Crippen LogP contribution is -2.42. The summed E-state index contributed by atoms with van der Waals surface area (Å²) in [6.45, 7) is 1.11. The van der Waals surface area contributed by atoms with E-state index in [0.29, 0.717) is 0 Å². The Morgan fingerprint density at radius 3 is 2.28 bits per heavy atom. The van der Waals surface area contributed by atoms with Crippen molar-refractivity contribution in [1.82, 2.24) is 0 Å². The molecule has 0 atom stereocenters. The second kappa shape index (κ2) is 6.07. The molecule has 0 aliphatic carbocycles. The monoisotopic (exact) mass is 370 g/mol. The Hall–Kier alpha value is -1.25. The highest BCUT2D eigenvalue weighted by molar-refractivity contribution is 14.1. The number of esters is 2. The Morgan fingerprint density at radius 2 is 1.78 bits per heavy atom. The van der Waals surface area contributed by atoms with Gasteiger partial charge in [-0.2, -0.15) is 8.78 Å². The summed E-state index contributed by atoms with van der Waals surface area (Å²) in [5, 5.41) is 0. The van der Waals surface area contributed by atoms with E-state index in [1.165, 1.54) is 19.1 Å². The van der Waals surface area contributed by atoms with E-state index in [1.54, 1.807) is 12.1 Å². The zero-order valence-corrected chi connectivity index (χ0v) is 11.4. The van der Waals surface area contributed by atoms with Crippen LogP contribution in [0.1, 0.15) is 6.92 Å². The van der Waals surface area contributed by atoms with Crippen molar-refractivity contribution in [2.45, 2.75) is 12.8 Å². The van der Waals surface area contributed by atoms with Crippen LogP contribution in [-0.4, -0.2) is 24.5 Å². The summed E-state index contributed by atoms with van der Waals surface area (Å²) in [6.07, 6.45) is 0. The zero-order chi connectivity index (χ0) is 13.8. The third-order valence-corrected chi connectivity index (χ3v) is 2.53. The standard InChI is InChI=1S/C11H9F2IO4/c1-2-17-9(15)11(12,13)10(16)18-8-5-3-7(14)4-6-8/h3-6H,2H2,1H3.